The number of benzene rings is 1. The molecule has 1 atom stereocenters. The minimum absolute atomic E-state index is 0.418. The van der Waals surface area contributed by atoms with Crippen molar-refractivity contribution in [1.82, 2.24) is 0 Å². The van der Waals surface area contributed by atoms with Crippen molar-refractivity contribution in [2.75, 3.05) is 17.2 Å². The summed E-state index contributed by atoms with van der Waals surface area (Å²) in [6.07, 6.45) is 4.53. The summed E-state index contributed by atoms with van der Waals surface area (Å²) < 4.78 is 5.16. The van der Waals surface area contributed by atoms with Gasteiger partial charge in [0.25, 0.3) is 0 Å². The van der Waals surface area contributed by atoms with Crippen LogP contribution in [0, 0.1) is 6.92 Å². The molecule has 3 rings (SSSR count). The van der Waals surface area contributed by atoms with Crippen LogP contribution in [-0.4, -0.2) is 12.6 Å². The molecule has 2 N–H and O–H groups in total. The highest BCUT2D eigenvalue weighted by molar-refractivity contribution is 5.69. The van der Waals surface area contributed by atoms with E-state index in [1.807, 2.05) is 0 Å². The Morgan fingerprint density at radius 3 is 2.94 bits per heavy atom. The van der Waals surface area contributed by atoms with Crippen molar-refractivity contribution in [2.45, 2.75) is 19.4 Å². The first-order valence-electron chi connectivity index (χ1n) is 5.94. The molecule has 0 aliphatic carbocycles. The smallest absolute Gasteiger partial charge is 0.116 e. The van der Waals surface area contributed by atoms with E-state index in [-0.39, 0.29) is 0 Å². The number of fused-ring (bicyclic) bond motifs is 1. The van der Waals surface area contributed by atoms with Crippen LogP contribution in [0.4, 0.5) is 11.4 Å². The van der Waals surface area contributed by atoms with Crippen LogP contribution in [0.25, 0.3) is 0 Å². The quantitative estimate of drug-likeness (QED) is 0.829. The van der Waals surface area contributed by atoms with E-state index < -0.39 is 0 Å². The van der Waals surface area contributed by atoms with E-state index in [4.69, 9.17) is 4.42 Å². The van der Waals surface area contributed by atoms with Gasteiger partial charge < -0.3 is 15.1 Å². The van der Waals surface area contributed by atoms with Gasteiger partial charge in [-0.1, -0.05) is 24.3 Å². The first-order valence-corrected chi connectivity index (χ1v) is 5.94. The van der Waals surface area contributed by atoms with Gasteiger partial charge in [0.1, 0.15) is 12.5 Å². The van der Waals surface area contributed by atoms with Crippen LogP contribution in [0.3, 0.4) is 0 Å². The van der Waals surface area contributed by atoms with Gasteiger partial charge in [0.15, 0.2) is 0 Å². The van der Waals surface area contributed by atoms with E-state index in [1.165, 1.54) is 11.1 Å². The van der Waals surface area contributed by atoms with E-state index in [1.54, 1.807) is 12.5 Å². The van der Waals surface area contributed by atoms with Gasteiger partial charge in [-0.2, -0.15) is 0 Å². The molecule has 17 heavy (non-hydrogen) atoms. The van der Waals surface area contributed by atoms with Crippen molar-refractivity contribution in [3.05, 3.63) is 47.9 Å². The predicted molar refractivity (Wildman–Crippen MR) is 69.5 cm³/mol. The van der Waals surface area contributed by atoms with Gasteiger partial charge in [-0.05, 0) is 24.5 Å². The molecule has 0 saturated carbocycles. The lowest BCUT2D eigenvalue weighted by atomic mass is 10.00. The van der Waals surface area contributed by atoms with Crippen molar-refractivity contribution in [3.63, 3.8) is 0 Å². The topological polar surface area (TPSA) is 37.2 Å². The molecule has 2 heterocycles. The first kappa shape index (κ1) is 10.3. The second kappa shape index (κ2) is 4.17. The van der Waals surface area contributed by atoms with E-state index in [9.17, 15) is 0 Å². The molecule has 0 spiro atoms. The molecular formula is C14H16N2O. The lowest BCUT2D eigenvalue weighted by molar-refractivity contribution is 0.569. The van der Waals surface area contributed by atoms with E-state index >= 15 is 0 Å². The Bertz CT molecular complexity index is 518. The summed E-state index contributed by atoms with van der Waals surface area (Å²) in [6, 6.07) is 8.96. The molecule has 0 saturated heterocycles. The Labute approximate surface area is 101 Å². The van der Waals surface area contributed by atoms with Gasteiger partial charge in [-0.25, -0.2) is 0 Å². The van der Waals surface area contributed by atoms with Crippen LogP contribution in [0.15, 0.2) is 41.2 Å². The summed E-state index contributed by atoms with van der Waals surface area (Å²) in [5.41, 5.74) is 4.88. The largest absolute Gasteiger partial charge is 0.468 e. The Kier molecular flexibility index (Phi) is 2.52. The molecule has 3 heteroatoms. The average Bonchev–Trinajstić information content (AvgIpc) is 2.79. The Balaban J connectivity index is 1.74. The lowest BCUT2D eigenvalue weighted by Gasteiger charge is -2.26. The molecule has 0 radical (unpaired) electrons. The SMILES string of the molecule is Cc1ccccc1CC1CNc2cocc2N1. The first-order chi connectivity index (χ1) is 8.33. The molecule has 1 unspecified atom stereocenters. The summed E-state index contributed by atoms with van der Waals surface area (Å²) in [4.78, 5) is 0. The van der Waals surface area contributed by atoms with Crippen molar-refractivity contribution in [3.8, 4) is 0 Å². The van der Waals surface area contributed by atoms with Gasteiger partial charge >= 0.3 is 0 Å². The third kappa shape index (κ3) is 2.00. The highest BCUT2D eigenvalue weighted by atomic mass is 16.3. The summed E-state index contributed by atoms with van der Waals surface area (Å²) in [7, 11) is 0. The second-order valence-corrected chi connectivity index (χ2v) is 4.55. The zero-order valence-electron chi connectivity index (χ0n) is 9.86. The number of anilines is 2. The normalized spacial score (nSPS) is 18.1. The number of rotatable bonds is 2. The molecule has 3 nitrogen and oxygen atoms in total. The number of aryl methyl sites for hydroxylation is 1. The molecule has 1 aromatic heterocycles. The minimum Gasteiger partial charge on any atom is -0.468 e. The number of hydrogen-bond donors (Lipinski definition) is 2. The van der Waals surface area contributed by atoms with Crippen LogP contribution >= 0.6 is 0 Å². The van der Waals surface area contributed by atoms with Gasteiger partial charge in [0.2, 0.25) is 0 Å². The molecular weight excluding hydrogens is 212 g/mol. The fourth-order valence-electron chi connectivity index (χ4n) is 2.28. The van der Waals surface area contributed by atoms with Crippen LogP contribution < -0.4 is 10.6 Å². The molecule has 0 bridgehead atoms. The van der Waals surface area contributed by atoms with Gasteiger partial charge in [0.05, 0.1) is 11.4 Å². The van der Waals surface area contributed by atoms with Gasteiger partial charge in [0, 0.05) is 12.6 Å². The molecule has 88 valence electrons. The summed E-state index contributed by atoms with van der Waals surface area (Å²) >= 11 is 0. The monoisotopic (exact) mass is 228 g/mol. The molecule has 1 aliphatic rings. The summed E-state index contributed by atoms with van der Waals surface area (Å²) in [6.45, 7) is 3.09. The highest BCUT2D eigenvalue weighted by Gasteiger charge is 2.19. The zero-order valence-corrected chi connectivity index (χ0v) is 9.86. The summed E-state index contributed by atoms with van der Waals surface area (Å²) in [5, 5.41) is 6.87. The van der Waals surface area contributed by atoms with Crippen LogP contribution in [0.1, 0.15) is 11.1 Å². The van der Waals surface area contributed by atoms with Crippen LogP contribution in [0.5, 0.6) is 0 Å². The Morgan fingerprint density at radius 1 is 1.24 bits per heavy atom. The van der Waals surface area contributed by atoms with Gasteiger partial charge in [-0.15, -0.1) is 0 Å². The van der Waals surface area contributed by atoms with Crippen molar-refractivity contribution >= 4 is 11.4 Å². The van der Waals surface area contributed by atoms with Crippen molar-refractivity contribution < 1.29 is 4.42 Å². The predicted octanol–water partition coefficient (Wildman–Crippen LogP) is 3.04. The average molecular weight is 228 g/mol. The maximum atomic E-state index is 5.16. The lowest BCUT2D eigenvalue weighted by Crippen LogP contribution is -2.34. The third-order valence-corrected chi connectivity index (χ3v) is 3.29. The maximum Gasteiger partial charge on any atom is 0.116 e. The second-order valence-electron chi connectivity index (χ2n) is 4.55. The van der Waals surface area contributed by atoms with Crippen LogP contribution in [-0.2, 0) is 6.42 Å². The Morgan fingerprint density at radius 2 is 2.06 bits per heavy atom. The van der Waals surface area contributed by atoms with Crippen molar-refractivity contribution in [1.29, 1.82) is 0 Å². The zero-order chi connectivity index (χ0) is 11.7. The third-order valence-electron chi connectivity index (χ3n) is 3.29. The van der Waals surface area contributed by atoms with E-state index in [2.05, 4.69) is 41.8 Å². The Hall–Kier alpha value is -1.90. The number of hydrogen-bond acceptors (Lipinski definition) is 3. The summed E-state index contributed by atoms with van der Waals surface area (Å²) in [5.74, 6) is 0. The van der Waals surface area contributed by atoms with E-state index in [0.29, 0.717) is 6.04 Å². The van der Waals surface area contributed by atoms with Gasteiger partial charge in [-0.3, -0.25) is 0 Å². The molecule has 2 aromatic rings. The van der Waals surface area contributed by atoms with E-state index in [0.717, 1.165) is 24.3 Å². The number of nitrogens with one attached hydrogen (secondary N) is 2. The number of furan rings is 1. The molecule has 0 fully saturated rings. The fraction of sp³-hybridized carbons (Fsp3) is 0.286. The molecule has 1 aromatic carbocycles. The maximum absolute atomic E-state index is 5.16. The standard InChI is InChI=1S/C14H16N2O/c1-10-4-2-3-5-11(10)6-12-7-15-13-8-17-9-14(13)16-12/h2-5,8-9,12,15-16H,6-7H2,1H3. The molecule has 1 aliphatic heterocycles. The van der Waals surface area contributed by atoms with Crippen LogP contribution in [0.2, 0.25) is 0 Å². The minimum atomic E-state index is 0.418. The van der Waals surface area contributed by atoms with Crippen molar-refractivity contribution in [2.24, 2.45) is 0 Å². The fourth-order valence-corrected chi connectivity index (χ4v) is 2.28. The molecule has 0 amide bonds. The highest BCUT2D eigenvalue weighted by Crippen LogP contribution is 2.27.